The first kappa shape index (κ1) is 21.8. The molecule has 3 heterocycles. The zero-order chi connectivity index (χ0) is 21.8. The van der Waals surface area contributed by atoms with E-state index in [1.165, 1.54) is 12.1 Å². The highest BCUT2D eigenvalue weighted by atomic mass is 19.4. The topological polar surface area (TPSA) is 70.8 Å². The van der Waals surface area contributed by atoms with Gasteiger partial charge in [0.15, 0.2) is 0 Å². The Kier molecular flexibility index (Phi) is 6.59. The van der Waals surface area contributed by atoms with Crippen molar-refractivity contribution in [1.29, 1.82) is 0 Å². The van der Waals surface area contributed by atoms with Gasteiger partial charge < -0.3 is 15.4 Å². The minimum atomic E-state index is -4.37. The Morgan fingerprint density at radius 2 is 1.48 bits per heavy atom. The van der Waals surface area contributed by atoms with Crippen LogP contribution >= 0.6 is 0 Å². The fourth-order valence-electron chi connectivity index (χ4n) is 3.90. The Labute approximate surface area is 179 Å². The predicted octanol–water partition coefficient (Wildman–Crippen LogP) is 2.20. The molecule has 4 rings (SSSR count). The Morgan fingerprint density at radius 1 is 0.871 bits per heavy atom. The lowest BCUT2D eigenvalue weighted by Crippen LogP contribution is -2.49. The molecule has 1 aromatic heterocycles. The third-order valence-corrected chi connectivity index (χ3v) is 5.77. The Balaban J connectivity index is 1.37. The van der Waals surface area contributed by atoms with Crippen LogP contribution in [0.4, 0.5) is 24.9 Å². The Bertz CT molecular complexity index is 862. The van der Waals surface area contributed by atoms with Crippen LogP contribution in [0, 0.1) is 0 Å². The number of rotatable bonds is 5. The van der Waals surface area contributed by atoms with Crippen molar-refractivity contribution in [3.8, 4) is 11.3 Å². The number of nitrogens with zero attached hydrogens (tertiary/aromatic N) is 5. The average molecular weight is 436 g/mol. The molecular weight excluding hydrogens is 409 g/mol. The van der Waals surface area contributed by atoms with Crippen LogP contribution in [-0.2, 0) is 10.9 Å². The third-order valence-electron chi connectivity index (χ3n) is 5.77. The highest BCUT2D eigenvalue weighted by Crippen LogP contribution is 2.31. The van der Waals surface area contributed by atoms with Crippen LogP contribution < -0.4 is 10.6 Å². The van der Waals surface area contributed by atoms with E-state index in [9.17, 15) is 13.2 Å². The summed E-state index contributed by atoms with van der Waals surface area (Å²) in [4.78, 5) is 15.6. The van der Waals surface area contributed by atoms with Gasteiger partial charge in [-0.05, 0) is 12.1 Å². The molecule has 2 aliphatic rings. The van der Waals surface area contributed by atoms with Gasteiger partial charge in [-0.2, -0.15) is 18.2 Å². The van der Waals surface area contributed by atoms with Gasteiger partial charge in [0.05, 0.1) is 24.5 Å². The molecule has 31 heavy (non-hydrogen) atoms. The summed E-state index contributed by atoms with van der Waals surface area (Å²) in [6.45, 7) is 9.14. The maximum absolute atomic E-state index is 12.8. The smallest absolute Gasteiger partial charge is 0.379 e. The van der Waals surface area contributed by atoms with Gasteiger partial charge in [0.1, 0.15) is 5.82 Å². The lowest BCUT2D eigenvalue weighted by molar-refractivity contribution is -0.137. The first-order valence-corrected chi connectivity index (χ1v) is 10.5. The van der Waals surface area contributed by atoms with Crippen molar-refractivity contribution in [1.82, 2.24) is 19.8 Å². The van der Waals surface area contributed by atoms with Gasteiger partial charge in [0.2, 0.25) is 5.95 Å². The van der Waals surface area contributed by atoms with E-state index in [1.54, 1.807) is 6.07 Å². The van der Waals surface area contributed by atoms with Gasteiger partial charge in [-0.3, -0.25) is 9.80 Å². The van der Waals surface area contributed by atoms with Crippen molar-refractivity contribution >= 4 is 11.8 Å². The highest BCUT2D eigenvalue weighted by molar-refractivity contribution is 5.65. The molecule has 2 aromatic rings. The van der Waals surface area contributed by atoms with Crippen molar-refractivity contribution in [3.05, 3.63) is 35.9 Å². The first-order valence-electron chi connectivity index (χ1n) is 10.5. The quantitative estimate of drug-likeness (QED) is 0.771. The molecule has 2 aliphatic heterocycles. The fourth-order valence-corrected chi connectivity index (χ4v) is 3.90. The molecule has 0 aliphatic carbocycles. The monoisotopic (exact) mass is 436 g/mol. The lowest BCUT2D eigenvalue weighted by atomic mass is 10.1. The number of nitrogens with two attached hydrogens (primary N) is 1. The van der Waals surface area contributed by atoms with Gasteiger partial charge in [0, 0.05) is 64.0 Å². The number of ether oxygens (including phenoxy) is 1. The summed E-state index contributed by atoms with van der Waals surface area (Å²) in [6.07, 6.45) is -4.37. The largest absolute Gasteiger partial charge is 0.416 e. The molecule has 0 radical (unpaired) electrons. The Morgan fingerprint density at radius 3 is 2.10 bits per heavy atom. The molecule has 7 nitrogen and oxygen atoms in total. The van der Waals surface area contributed by atoms with Gasteiger partial charge in [-0.25, -0.2) is 4.98 Å². The van der Waals surface area contributed by atoms with E-state index in [-0.39, 0.29) is 5.95 Å². The first-order chi connectivity index (χ1) is 14.9. The second-order valence-electron chi connectivity index (χ2n) is 7.83. The number of hydrogen-bond acceptors (Lipinski definition) is 7. The van der Waals surface area contributed by atoms with Crippen molar-refractivity contribution < 1.29 is 17.9 Å². The molecule has 2 N–H and O–H groups in total. The van der Waals surface area contributed by atoms with Crippen LogP contribution in [-0.4, -0.2) is 85.3 Å². The highest BCUT2D eigenvalue weighted by Gasteiger charge is 2.30. The van der Waals surface area contributed by atoms with Crippen molar-refractivity contribution in [2.24, 2.45) is 0 Å². The minimum Gasteiger partial charge on any atom is -0.379 e. The summed E-state index contributed by atoms with van der Waals surface area (Å²) in [5, 5.41) is 0. The molecule has 0 bridgehead atoms. The second kappa shape index (κ2) is 9.37. The molecule has 2 fully saturated rings. The average Bonchev–Trinajstić information content (AvgIpc) is 2.78. The number of anilines is 2. The van der Waals surface area contributed by atoms with E-state index in [4.69, 9.17) is 10.5 Å². The molecular formula is C21H27F3N6O. The summed E-state index contributed by atoms with van der Waals surface area (Å²) in [5.41, 5.74) is 6.31. The number of piperazine rings is 1. The SMILES string of the molecule is Nc1nc(-c2ccc(C(F)(F)F)cc2)cc(N2CCN(CCN3CCOCC3)CC2)n1. The number of nitrogen functional groups attached to an aromatic ring is 1. The molecule has 0 spiro atoms. The van der Waals surface area contributed by atoms with E-state index in [1.807, 2.05) is 0 Å². The standard InChI is InChI=1S/C21H27F3N6O/c22-21(23,24)17-3-1-16(2-4-17)18-15-19(27-20(25)26-18)30-9-7-28(8-10-30)5-6-29-11-13-31-14-12-29/h1-4,15H,5-14H2,(H2,25,26,27). The van der Waals surface area contributed by atoms with Crippen LogP contribution in [0.1, 0.15) is 5.56 Å². The molecule has 168 valence electrons. The minimum absolute atomic E-state index is 0.113. The summed E-state index contributed by atoms with van der Waals surface area (Å²) < 4.78 is 43.9. The summed E-state index contributed by atoms with van der Waals surface area (Å²) in [7, 11) is 0. The van der Waals surface area contributed by atoms with Crippen molar-refractivity contribution in [3.63, 3.8) is 0 Å². The van der Waals surface area contributed by atoms with E-state index >= 15 is 0 Å². The molecule has 2 saturated heterocycles. The number of benzene rings is 1. The number of alkyl halides is 3. The number of aromatic nitrogens is 2. The van der Waals surface area contributed by atoms with Gasteiger partial charge >= 0.3 is 6.18 Å². The summed E-state index contributed by atoms with van der Waals surface area (Å²) in [5.74, 6) is 0.817. The fraction of sp³-hybridized carbons (Fsp3) is 0.524. The molecule has 0 saturated carbocycles. The van der Waals surface area contributed by atoms with Crippen molar-refractivity contribution in [2.45, 2.75) is 6.18 Å². The zero-order valence-corrected chi connectivity index (χ0v) is 17.3. The van der Waals surface area contributed by atoms with E-state index in [2.05, 4.69) is 24.7 Å². The normalized spacial score (nSPS) is 19.0. The molecule has 0 atom stereocenters. The second-order valence-corrected chi connectivity index (χ2v) is 7.83. The van der Waals surface area contributed by atoms with Crippen LogP contribution in [0.5, 0.6) is 0 Å². The number of morpholine rings is 1. The number of hydrogen-bond donors (Lipinski definition) is 1. The molecule has 0 amide bonds. The van der Waals surface area contributed by atoms with E-state index < -0.39 is 11.7 Å². The maximum atomic E-state index is 12.8. The predicted molar refractivity (Wildman–Crippen MR) is 113 cm³/mol. The molecule has 1 aromatic carbocycles. The van der Waals surface area contributed by atoms with Crippen LogP contribution in [0.3, 0.4) is 0 Å². The van der Waals surface area contributed by atoms with Crippen molar-refractivity contribution in [2.75, 3.05) is 76.2 Å². The zero-order valence-electron chi connectivity index (χ0n) is 17.3. The van der Waals surface area contributed by atoms with E-state index in [0.29, 0.717) is 17.1 Å². The Hall–Kier alpha value is -2.43. The summed E-state index contributed by atoms with van der Waals surface area (Å²) in [6, 6.07) is 6.74. The van der Waals surface area contributed by atoms with Crippen LogP contribution in [0.15, 0.2) is 30.3 Å². The van der Waals surface area contributed by atoms with Gasteiger partial charge in [0.25, 0.3) is 0 Å². The van der Waals surface area contributed by atoms with E-state index in [0.717, 1.165) is 77.7 Å². The third kappa shape index (κ3) is 5.63. The van der Waals surface area contributed by atoms with Crippen LogP contribution in [0.2, 0.25) is 0 Å². The van der Waals surface area contributed by atoms with Gasteiger partial charge in [-0.1, -0.05) is 12.1 Å². The molecule has 0 unspecified atom stereocenters. The number of halogens is 3. The van der Waals surface area contributed by atoms with Crippen LogP contribution in [0.25, 0.3) is 11.3 Å². The lowest BCUT2D eigenvalue weighted by Gasteiger charge is -2.37. The van der Waals surface area contributed by atoms with Gasteiger partial charge in [-0.15, -0.1) is 0 Å². The molecule has 10 heteroatoms. The summed E-state index contributed by atoms with van der Waals surface area (Å²) >= 11 is 0. The maximum Gasteiger partial charge on any atom is 0.416 e.